The first-order valence-electron chi connectivity index (χ1n) is 9.78. The van der Waals surface area contributed by atoms with E-state index >= 15 is 0 Å². The van der Waals surface area contributed by atoms with Crippen LogP contribution in [0.1, 0.15) is 16.8 Å². The molecule has 7 heteroatoms. The van der Waals surface area contributed by atoms with Gasteiger partial charge in [0.15, 0.2) is 11.5 Å². The molecule has 0 spiro atoms. The van der Waals surface area contributed by atoms with Crippen molar-refractivity contribution >= 4 is 12.0 Å². The lowest BCUT2D eigenvalue weighted by atomic mass is 10.0. The molecule has 0 atom stereocenters. The zero-order valence-corrected chi connectivity index (χ0v) is 16.6. The maximum absolute atomic E-state index is 12.8. The number of benzene rings is 2. The molecule has 1 amide bonds. The van der Waals surface area contributed by atoms with Crippen molar-refractivity contribution in [2.75, 3.05) is 20.4 Å². The molecule has 0 saturated carbocycles. The molecule has 0 fully saturated rings. The quantitative estimate of drug-likeness (QED) is 0.676. The second-order valence-electron chi connectivity index (χ2n) is 7.21. The summed E-state index contributed by atoms with van der Waals surface area (Å²) in [6, 6.07) is 13.4. The Hall–Kier alpha value is -3.74. The molecule has 0 aliphatic carbocycles. The number of H-pyrrole nitrogens is 1. The van der Waals surface area contributed by atoms with Gasteiger partial charge in [-0.25, -0.2) is 0 Å². The van der Waals surface area contributed by atoms with Crippen molar-refractivity contribution < 1.29 is 19.0 Å². The van der Waals surface area contributed by atoms with Crippen LogP contribution in [0.3, 0.4) is 0 Å². The number of hydrogen-bond donors (Lipinski definition) is 1. The minimum Gasteiger partial charge on any atom is -0.497 e. The molecule has 0 radical (unpaired) electrons. The fraction of sp³-hybridized carbons (Fsp3) is 0.217. The second-order valence-corrected chi connectivity index (χ2v) is 7.21. The number of nitrogens with zero attached hydrogens (tertiary/aromatic N) is 2. The average molecular weight is 403 g/mol. The Balaban J connectivity index is 1.32. The first-order chi connectivity index (χ1) is 14.7. The zero-order valence-electron chi connectivity index (χ0n) is 16.6. The number of methoxy groups -OCH3 is 1. The van der Waals surface area contributed by atoms with Crippen LogP contribution in [0.15, 0.2) is 48.5 Å². The van der Waals surface area contributed by atoms with Gasteiger partial charge in [0, 0.05) is 42.4 Å². The molecule has 1 N–H and O–H groups in total. The van der Waals surface area contributed by atoms with Crippen LogP contribution in [0.5, 0.6) is 17.2 Å². The van der Waals surface area contributed by atoms with Crippen LogP contribution in [0.25, 0.3) is 17.3 Å². The molecule has 0 unspecified atom stereocenters. The molecule has 1 aromatic heterocycles. The highest BCUT2D eigenvalue weighted by Gasteiger charge is 2.24. The van der Waals surface area contributed by atoms with E-state index in [0.717, 1.165) is 46.0 Å². The van der Waals surface area contributed by atoms with Gasteiger partial charge in [-0.2, -0.15) is 5.10 Å². The molecule has 0 saturated heterocycles. The van der Waals surface area contributed by atoms with Crippen molar-refractivity contribution in [3.63, 3.8) is 0 Å². The van der Waals surface area contributed by atoms with E-state index in [0.29, 0.717) is 18.8 Å². The minimum absolute atomic E-state index is 0.0276. The number of carbonyl (C=O) groups is 1. The predicted molar refractivity (Wildman–Crippen MR) is 111 cm³/mol. The highest BCUT2D eigenvalue weighted by atomic mass is 16.7. The van der Waals surface area contributed by atoms with Gasteiger partial charge in [-0.3, -0.25) is 9.89 Å². The summed E-state index contributed by atoms with van der Waals surface area (Å²) in [7, 11) is 1.64. The molecule has 2 aromatic carbocycles. The van der Waals surface area contributed by atoms with Gasteiger partial charge in [0.2, 0.25) is 12.7 Å². The van der Waals surface area contributed by atoms with Crippen LogP contribution in [0.4, 0.5) is 0 Å². The van der Waals surface area contributed by atoms with E-state index in [1.165, 1.54) is 0 Å². The number of ether oxygens (including phenoxy) is 3. The van der Waals surface area contributed by atoms with Crippen molar-refractivity contribution in [3.8, 4) is 28.5 Å². The van der Waals surface area contributed by atoms with Crippen molar-refractivity contribution in [1.29, 1.82) is 0 Å². The van der Waals surface area contributed by atoms with Crippen molar-refractivity contribution in [3.05, 3.63) is 65.4 Å². The summed E-state index contributed by atoms with van der Waals surface area (Å²) in [5, 5.41) is 7.63. The van der Waals surface area contributed by atoms with Crippen molar-refractivity contribution in [2.45, 2.75) is 13.0 Å². The highest BCUT2D eigenvalue weighted by molar-refractivity contribution is 5.92. The third kappa shape index (κ3) is 3.39. The zero-order chi connectivity index (χ0) is 20.5. The SMILES string of the molecule is COc1ccc(-c2n[nH]c3c2CN(C(=O)C=Cc2ccc4c(c2)OCO4)CC3)cc1. The lowest BCUT2D eigenvalue weighted by Gasteiger charge is -2.26. The van der Waals surface area contributed by atoms with Gasteiger partial charge in [-0.05, 0) is 48.0 Å². The lowest BCUT2D eigenvalue weighted by molar-refractivity contribution is -0.126. The summed E-state index contributed by atoms with van der Waals surface area (Å²) in [6.07, 6.45) is 4.16. The summed E-state index contributed by atoms with van der Waals surface area (Å²) in [5.74, 6) is 2.21. The number of hydrogen-bond acceptors (Lipinski definition) is 5. The van der Waals surface area contributed by atoms with Gasteiger partial charge in [-0.15, -0.1) is 0 Å². The predicted octanol–water partition coefficient (Wildman–Crippen LogP) is 3.41. The summed E-state index contributed by atoms with van der Waals surface area (Å²) < 4.78 is 15.9. The van der Waals surface area contributed by atoms with Crippen LogP contribution in [-0.4, -0.2) is 41.5 Å². The molecule has 3 heterocycles. The summed E-state index contributed by atoms with van der Waals surface area (Å²) in [4.78, 5) is 14.6. The highest BCUT2D eigenvalue weighted by Crippen LogP contribution is 2.33. The average Bonchev–Trinajstić information content (AvgIpc) is 3.43. The number of nitrogens with one attached hydrogen (secondary N) is 1. The van der Waals surface area contributed by atoms with Gasteiger partial charge in [0.25, 0.3) is 0 Å². The van der Waals surface area contributed by atoms with Crippen molar-refractivity contribution in [1.82, 2.24) is 15.1 Å². The molecular weight excluding hydrogens is 382 g/mol. The summed E-state index contributed by atoms with van der Waals surface area (Å²) in [5.41, 5.74) is 4.93. The summed E-state index contributed by atoms with van der Waals surface area (Å²) in [6.45, 7) is 1.41. The van der Waals surface area contributed by atoms with E-state index in [-0.39, 0.29) is 12.7 Å². The first-order valence-corrected chi connectivity index (χ1v) is 9.78. The van der Waals surface area contributed by atoms with E-state index in [2.05, 4.69) is 10.2 Å². The molecule has 5 rings (SSSR count). The fourth-order valence-electron chi connectivity index (χ4n) is 3.76. The molecule has 3 aromatic rings. The molecule has 30 heavy (non-hydrogen) atoms. The third-order valence-corrected chi connectivity index (χ3v) is 5.42. The monoisotopic (exact) mass is 403 g/mol. The van der Waals surface area contributed by atoms with Gasteiger partial charge in [0.1, 0.15) is 5.75 Å². The third-order valence-electron chi connectivity index (χ3n) is 5.42. The Bertz CT molecular complexity index is 1120. The van der Waals surface area contributed by atoms with Crippen molar-refractivity contribution in [2.24, 2.45) is 0 Å². The Morgan fingerprint density at radius 1 is 1.17 bits per heavy atom. The van der Waals surface area contributed by atoms with Gasteiger partial charge in [-0.1, -0.05) is 6.07 Å². The number of amides is 1. The number of aromatic amines is 1. The Labute approximate surface area is 173 Å². The van der Waals surface area contributed by atoms with E-state index in [1.807, 2.05) is 47.4 Å². The lowest BCUT2D eigenvalue weighted by Crippen LogP contribution is -2.34. The number of rotatable bonds is 4. The van der Waals surface area contributed by atoms with Crippen LogP contribution in [0.2, 0.25) is 0 Å². The van der Waals surface area contributed by atoms with Crippen LogP contribution in [0, 0.1) is 0 Å². The smallest absolute Gasteiger partial charge is 0.246 e. The molecule has 2 aliphatic rings. The Kier molecular flexibility index (Phi) is 4.63. The molecule has 7 nitrogen and oxygen atoms in total. The molecule has 2 aliphatic heterocycles. The van der Waals surface area contributed by atoms with E-state index < -0.39 is 0 Å². The van der Waals surface area contributed by atoms with E-state index in [1.54, 1.807) is 19.3 Å². The van der Waals surface area contributed by atoms with Crippen LogP contribution >= 0.6 is 0 Å². The molecule has 152 valence electrons. The Morgan fingerprint density at radius 2 is 2.00 bits per heavy atom. The maximum atomic E-state index is 12.8. The largest absolute Gasteiger partial charge is 0.497 e. The number of carbonyl (C=O) groups excluding carboxylic acids is 1. The maximum Gasteiger partial charge on any atom is 0.246 e. The fourth-order valence-corrected chi connectivity index (χ4v) is 3.76. The summed E-state index contributed by atoms with van der Waals surface area (Å²) >= 11 is 0. The van der Waals surface area contributed by atoms with Gasteiger partial charge >= 0.3 is 0 Å². The topological polar surface area (TPSA) is 76.7 Å². The number of fused-ring (bicyclic) bond motifs is 2. The van der Waals surface area contributed by atoms with Crippen LogP contribution in [-0.2, 0) is 17.8 Å². The van der Waals surface area contributed by atoms with Gasteiger partial charge in [0.05, 0.1) is 12.8 Å². The van der Waals surface area contributed by atoms with Crippen LogP contribution < -0.4 is 14.2 Å². The Morgan fingerprint density at radius 3 is 2.83 bits per heavy atom. The minimum atomic E-state index is -0.0276. The normalized spacial score (nSPS) is 14.8. The molecular formula is C23H21N3O4. The second kappa shape index (κ2) is 7.59. The first kappa shape index (κ1) is 18.3. The standard InChI is InChI=1S/C23H21N3O4/c1-28-17-6-4-16(5-7-17)23-18-13-26(11-10-19(18)24-25-23)22(27)9-3-15-2-8-20-21(12-15)30-14-29-20/h2-9,12H,10-11,13-14H2,1H3,(H,24,25). The van der Waals surface area contributed by atoms with E-state index in [4.69, 9.17) is 14.2 Å². The number of aromatic nitrogens is 2. The molecule has 0 bridgehead atoms. The van der Waals surface area contributed by atoms with Gasteiger partial charge < -0.3 is 19.1 Å². The van der Waals surface area contributed by atoms with E-state index in [9.17, 15) is 4.79 Å².